The summed E-state index contributed by atoms with van der Waals surface area (Å²) in [7, 11) is 0. The maximum atomic E-state index is 4.88. The minimum absolute atomic E-state index is 0.532. The molecule has 2 aliphatic heterocycles. The minimum atomic E-state index is 0.532. The Bertz CT molecular complexity index is 256. The lowest BCUT2D eigenvalue weighted by molar-refractivity contribution is 0.383. The smallest absolute Gasteiger partial charge is 0.114 e. The van der Waals surface area contributed by atoms with E-state index < -0.39 is 0 Å². The van der Waals surface area contributed by atoms with Crippen LogP contribution in [0.5, 0.6) is 0 Å². The van der Waals surface area contributed by atoms with Gasteiger partial charge in [-0.05, 0) is 32.2 Å². The Hall–Kier alpha value is -0.570. The summed E-state index contributed by atoms with van der Waals surface area (Å²) >= 11 is 0. The summed E-state index contributed by atoms with van der Waals surface area (Å²) < 4.78 is 0. The predicted molar refractivity (Wildman–Crippen MR) is 62.3 cm³/mol. The molecule has 0 amide bonds. The lowest BCUT2D eigenvalue weighted by Crippen LogP contribution is -2.47. The summed E-state index contributed by atoms with van der Waals surface area (Å²) in [6, 6.07) is 1.79. The summed E-state index contributed by atoms with van der Waals surface area (Å²) in [6.45, 7) is 1.17. The van der Waals surface area contributed by atoms with E-state index in [0.717, 1.165) is 0 Å². The number of amidine groups is 1. The zero-order chi connectivity index (χ0) is 10.1. The second-order valence-electron chi connectivity index (χ2n) is 5.12. The van der Waals surface area contributed by atoms with Crippen LogP contribution in [0.3, 0.4) is 0 Å². The first-order valence-corrected chi connectivity index (χ1v) is 6.51. The van der Waals surface area contributed by atoms with Crippen LogP contribution in [0.2, 0.25) is 0 Å². The molecule has 0 bridgehead atoms. The average Bonchev–Trinajstić information content (AvgIpc) is 2.74. The molecule has 2 fully saturated rings. The highest BCUT2D eigenvalue weighted by atomic mass is 15.2. The maximum absolute atomic E-state index is 4.88. The summed E-state index contributed by atoms with van der Waals surface area (Å²) in [5, 5.41) is 7.23. The molecule has 84 valence electrons. The quantitative estimate of drug-likeness (QED) is 0.682. The molecule has 0 spiro atoms. The Balaban J connectivity index is 1.66. The molecular weight excluding hydrogens is 186 g/mol. The van der Waals surface area contributed by atoms with Crippen molar-refractivity contribution in [3.05, 3.63) is 0 Å². The van der Waals surface area contributed by atoms with Crippen LogP contribution in [0.15, 0.2) is 4.99 Å². The molecule has 0 aromatic carbocycles. The number of hydrogen-bond acceptors (Lipinski definition) is 3. The van der Waals surface area contributed by atoms with Crippen molar-refractivity contribution < 1.29 is 0 Å². The van der Waals surface area contributed by atoms with Gasteiger partial charge in [0.2, 0.25) is 0 Å². The van der Waals surface area contributed by atoms with E-state index >= 15 is 0 Å². The number of fused-ring (bicyclic) bond motifs is 1. The van der Waals surface area contributed by atoms with E-state index in [4.69, 9.17) is 4.99 Å². The summed E-state index contributed by atoms with van der Waals surface area (Å²) in [5.74, 6) is 1.27. The standard InChI is InChI=1S/C12H21N3/c1-2-6-10-9(5-1)14-12(15-10)11-7-3-4-8-13-11/h9-11,13H,1-8H2,(H,14,15). The van der Waals surface area contributed by atoms with Gasteiger partial charge in [0.05, 0.1) is 12.1 Å². The first-order valence-electron chi connectivity index (χ1n) is 6.51. The van der Waals surface area contributed by atoms with E-state index in [1.807, 2.05) is 0 Å². The van der Waals surface area contributed by atoms with Gasteiger partial charge in [-0.2, -0.15) is 0 Å². The van der Waals surface area contributed by atoms with Crippen LogP contribution in [0.25, 0.3) is 0 Å². The predicted octanol–water partition coefficient (Wildman–Crippen LogP) is 1.44. The normalized spacial score (nSPS) is 40.5. The van der Waals surface area contributed by atoms with Gasteiger partial charge in [-0.25, -0.2) is 0 Å². The van der Waals surface area contributed by atoms with Crippen molar-refractivity contribution in [2.45, 2.75) is 63.1 Å². The molecule has 0 radical (unpaired) electrons. The maximum Gasteiger partial charge on any atom is 0.114 e. The summed E-state index contributed by atoms with van der Waals surface area (Å²) in [6.07, 6.45) is 9.33. The molecule has 2 heterocycles. The van der Waals surface area contributed by atoms with Crippen LogP contribution in [0, 0.1) is 0 Å². The number of piperidine rings is 1. The van der Waals surface area contributed by atoms with Gasteiger partial charge < -0.3 is 10.6 Å². The van der Waals surface area contributed by atoms with Crippen LogP contribution < -0.4 is 10.6 Å². The monoisotopic (exact) mass is 207 g/mol. The Morgan fingerprint density at radius 1 is 1.00 bits per heavy atom. The number of nitrogens with zero attached hydrogens (tertiary/aromatic N) is 1. The third kappa shape index (κ3) is 1.89. The number of aliphatic imine (C=N–C) groups is 1. The van der Waals surface area contributed by atoms with Crippen molar-refractivity contribution in [3.63, 3.8) is 0 Å². The first kappa shape index (κ1) is 9.64. The van der Waals surface area contributed by atoms with Crippen molar-refractivity contribution in [2.24, 2.45) is 4.99 Å². The molecule has 1 saturated heterocycles. The molecule has 1 saturated carbocycles. The van der Waals surface area contributed by atoms with E-state index in [-0.39, 0.29) is 0 Å². The third-order valence-electron chi connectivity index (χ3n) is 4.01. The molecule has 3 heteroatoms. The van der Waals surface area contributed by atoms with Crippen LogP contribution in [0.4, 0.5) is 0 Å². The molecule has 3 unspecified atom stereocenters. The fourth-order valence-electron chi connectivity index (χ4n) is 3.12. The van der Waals surface area contributed by atoms with Gasteiger partial charge in [0, 0.05) is 6.04 Å². The highest BCUT2D eigenvalue weighted by Crippen LogP contribution is 2.26. The van der Waals surface area contributed by atoms with Crippen molar-refractivity contribution >= 4 is 5.84 Å². The zero-order valence-corrected chi connectivity index (χ0v) is 9.34. The fraction of sp³-hybridized carbons (Fsp3) is 0.917. The van der Waals surface area contributed by atoms with E-state index in [9.17, 15) is 0 Å². The van der Waals surface area contributed by atoms with Gasteiger partial charge in [-0.15, -0.1) is 0 Å². The lowest BCUT2D eigenvalue weighted by Gasteiger charge is -2.26. The van der Waals surface area contributed by atoms with E-state index in [0.29, 0.717) is 18.1 Å². The topological polar surface area (TPSA) is 36.4 Å². The Morgan fingerprint density at radius 3 is 2.67 bits per heavy atom. The average molecular weight is 207 g/mol. The summed E-state index contributed by atoms with van der Waals surface area (Å²) in [4.78, 5) is 4.88. The van der Waals surface area contributed by atoms with Crippen LogP contribution in [-0.4, -0.2) is 30.5 Å². The third-order valence-corrected chi connectivity index (χ3v) is 4.01. The molecule has 3 rings (SSSR count). The van der Waals surface area contributed by atoms with Gasteiger partial charge in [0.1, 0.15) is 5.84 Å². The van der Waals surface area contributed by atoms with Gasteiger partial charge in [0.15, 0.2) is 0 Å². The SMILES string of the molecule is C1CCC(C2=NC3CCCCC3N2)NC1. The molecule has 3 nitrogen and oxygen atoms in total. The van der Waals surface area contributed by atoms with Crippen molar-refractivity contribution in [1.29, 1.82) is 0 Å². The molecule has 1 aliphatic carbocycles. The summed E-state index contributed by atoms with van der Waals surface area (Å²) in [5.41, 5.74) is 0. The van der Waals surface area contributed by atoms with Crippen LogP contribution in [-0.2, 0) is 0 Å². The number of nitrogens with one attached hydrogen (secondary N) is 2. The second kappa shape index (κ2) is 4.12. The second-order valence-corrected chi connectivity index (χ2v) is 5.12. The van der Waals surface area contributed by atoms with E-state index in [2.05, 4.69) is 10.6 Å². The molecule has 0 aromatic heterocycles. The van der Waals surface area contributed by atoms with Gasteiger partial charge in [-0.3, -0.25) is 4.99 Å². The molecular formula is C12H21N3. The van der Waals surface area contributed by atoms with Gasteiger partial charge in [-0.1, -0.05) is 19.3 Å². The van der Waals surface area contributed by atoms with Gasteiger partial charge >= 0.3 is 0 Å². The first-order chi connectivity index (χ1) is 7.43. The van der Waals surface area contributed by atoms with Crippen LogP contribution in [0.1, 0.15) is 44.9 Å². The van der Waals surface area contributed by atoms with Gasteiger partial charge in [0.25, 0.3) is 0 Å². The number of rotatable bonds is 1. The molecule has 2 N–H and O–H groups in total. The zero-order valence-electron chi connectivity index (χ0n) is 9.34. The Kier molecular flexibility index (Phi) is 2.65. The van der Waals surface area contributed by atoms with Crippen molar-refractivity contribution in [3.8, 4) is 0 Å². The minimum Gasteiger partial charge on any atom is -0.368 e. The van der Waals surface area contributed by atoms with Crippen LogP contribution >= 0.6 is 0 Å². The Morgan fingerprint density at radius 2 is 1.87 bits per heavy atom. The molecule has 3 atom stereocenters. The fourth-order valence-corrected chi connectivity index (χ4v) is 3.12. The highest BCUT2D eigenvalue weighted by molar-refractivity contribution is 5.89. The van der Waals surface area contributed by atoms with Crippen molar-refractivity contribution in [2.75, 3.05) is 6.54 Å². The molecule has 15 heavy (non-hydrogen) atoms. The largest absolute Gasteiger partial charge is 0.368 e. The van der Waals surface area contributed by atoms with E-state index in [1.165, 1.54) is 57.3 Å². The molecule has 0 aromatic rings. The lowest BCUT2D eigenvalue weighted by atomic mass is 9.92. The number of hydrogen-bond donors (Lipinski definition) is 2. The highest BCUT2D eigenvalue weighted by Gasteiger charge is 2.33. The Labute approximate surface area is 91.7 Å². The van der Waals surface area contributed by atoms with Crippen molar-refractivity contribution in [1.82, 2.24) is 10.6 Å². The van der Waals surface area contributed by atoms with E-state index in [1.54, 1.807) is 0 Å². The molecule has 3 aliphatic rings.